The van der Waals surface area contributed by atoms with Gasteiger partial charge in [0.05, 0.1) is 12.1 Å². The predicted octanol–water partition coefficient (Wildman–Crippen LogP) is 2.12. The molecule has 0 bridgehead atoms. The van der Waals surface area contributed by atoms with Crippen molar-refractivity contribution in [2.45, 2.75) is 18.6 Å². The summed E-state index contributed by atoms with van der Waals surface area (Å²) in [5, 5.41) is 13.4. The van der Waals surface area contributed by atoms with Crippen LogP contribution in [0.4, 0.5) is 0 Å². The van der Waals surface area contributed by atoms with Crippen LogP contribution in [0, 0.1) is 0 Å². The van der Waals surface area contributed by atoms with E-state index in [4.69, 9.17) is 11.6 Å². The average molecular weight is 289 g/mol. The number of carbonyl (C=O) groups excluding carboxylic acids is 1. The molecular weight excluding hydrogens is 276 g/mol. The lowest BCUT2D eigenvalue weighted by Gasteiger charge is -2.17. The van der Waals surface area contributed by atoms with Gasteiger partial charge in [-0.3, -0.25) is 9.78 Å². The number of carbonyl (C=O) groups is 1. The average Bonchev–Trinajstić information content (AvgIpc) is 2.75. The van der Waals surface area contributed by atoms with Crippen molar-refractivity contribution in [3.05, 3.63) is 64.4 Å². The molecule has 4 nitrogen and oxygen atoms in total. The van der Waals surface area contributed by atoms with Gasteiger partial charge in [-0.2, -0.15) is 0 Å². The molecule has 2 unspecified atom stereocenters. The van der Waals surface area contributed by atoms with Crippen molar-refractivity contribution < 1.29 is 9.90 Å². The lowest BCUT2D eigenvalue weighted by atomic mass is 10.1. The van der Waals surface area contributed by atoms with Crippen LogP contribution in [0.15, 0.2) is 42.6 Å². The Bertz CT molecular complexity index is 660. The molecule has 1 amide bonds. The van der Waals surface area contributed by atoms with Gasteiger partial charge in [0.25, 0.3) is 5.91 Å². The first-order chi connectivity index (χ1) is 9.65. The van der Waals surface area contributed by atoms with Crippen molar-refractivity contribution >= 4 is 17.5 Å². The van der Waals surface area contributed by atoms with Gasteiger partial charge in [0, 0.05) is 17.6 Å². The lowest BCUT2D eigenvalue weighted by molar-refractivity contribution is 0.0853. The summed E-state index contributed by atoms with van der Waals surface area (Å²) in [4.78, 5) is 16.1. The second-order valence-corrected chi connectivity index (χ2v) is 5.22. The van der Waals surface area contributed by atoms with Crippen molar-refractivity contribution in [2.75, 3.05) is 0 Å². The molecule has 102 valence electrons. The van der Waals surface area contributed by atoms with E-state index < -0.39 is 12.1 Å². The number of rotatable bonds is 2. The van der Waals surface area contributed by atoms with Crippen LogP contribution in [0.25, 0.3) is 0 Å². The largest absolute Gasteiger partial charge is 0.390 e. The number of nitrogens with one attached hydrogen (secondary N) is 1. The number of nitrogens with zero attached hydrogens (tertiary/aromatic N) is 1. The molecule has 3 rings (SSSR count). The first kappa shape index (κ1) is 13.1. The molecule has 0 fully saturated rings. The van der Waals surface area contributed by atoms with E-state index in [-0.39, 0.29) is 11.6 Å². The van der Waals surface area contributed by atoms with Gasteiger partial charge in [0.2, 0.25) is 0 Å². The molecule has 0 aliphatic heterocycles. The highest BCUT2D eigenvalue weighted by Gasteiger charge is 2.32. The number of pyridine rings is 1. The standard InChI is InChI=1S/C15H13ClN2O2/c16-10-5-6-17-12(8-10)15(20)18-14-11-4-2-1-3-9(11)7-13(14)19/h1-6,8,13-14,19H,7H2,(H,18,20). The highest BCUT2D eigenvalue weighted by molar-refractivity contribution is 6.30. The van der Waals surface area contributed by atoms with Crippen molar-refractivity contribution in [1.29, 1.82) is 0 Å². The van der Waals surface area contributed by atoms with Crippen LogP contribution in [0.1, 0.15) is 27.7 Å². The van der Waals surface area contributed by atoms with Crippen molar-refractivity contribution in [3.63, 3.8) is 0 Å². The van der Waals surface area contributed by atoms with Gasteiger partial charge in [-0.15, -0.1) is 0 Å². The Morgan fingerprint density at radius 2 is 2.15 bits per heavy atom. The lowest BCUT2D eigenvalue weighted by Crippen LogP contribution is -2.34. The predicted molar refractivity (Wildman–Crippen MR) is 75.6 cm³/mol. The summed E-state index contributed by atoms with van der Waals surface area (Å²) in [6, 6.07) is 10.4. The van der Waals surface area contributed by atoms with Crippen LogP contribution >= 0.6 is 11.6 Å². The highest BCUT2D eigenvalue weighted by Crippen LogP contribution is 2.31. The minimum atomic E-state index is -0.615. The molecule has 5 heteroatoms. The molecule has 0 saturated carbocycles. The summed E-state index contributed by atoms with van der Waals surface area (Å²) >= 11 is 5.85. The summed E-state index contributed by atoms with van der Waals surface area (Å²) in [5.74, 6) is -0.340. The summed E-state index contributed by atoms with van der Waals surface area (Å²) < 4.78 is 0. The third-order valence-corrected chi connectivity index (χ3v) is 3.68. The van der Waals surface area contributed by atoms with Crippen LogP contribution in [-0.4, -0.2) is 22.1 Å². The summed E-state index contributed by atoms with van der Waals surface area (Å²) in [7, 11) is 0. The summed E-state index contributed by atoms with van der Waals surface area (Å²) in [6.07, 6.45) is 1.41. The molecule has 1 aliphatic carbocycles. The van der Waals surface area contributed by atoms with Gasteiger partial charge >= 0.3 is 0 Å². The molecule has 2 aromatic rings. The monoisotopic (exact) mass is 288 g/mol. The van der Waals surface area contributed by atoms with Crippen LogP contribution in [0.5, 0.6) is 0 Å². The van der Waals surface area contributed by atoms with Crippen LogP contribution in [0.3, 0.4) is 0 Å². The van der Waals surface area contributed by atoms with E-state index in [1.54, 1.807) is 6.07 Å². The number of fused-ring (bicyclic) bond motifs is 1. The Kier molecular flexibility index (Phi) is 3.42. The quantitative estimate of drug-likeness (QED) is 0.890. The Morgan fingerprint density at radius 3 is 2.95 bits per heavy atom. The Hall–Kier alpha value is -1.91. The fourth-order valence-electron chi connectivity index (χ4n) is 2.49. The molecule has 0 saturated heterocycles. The second-order valence-electron chi connectivity index (χ2n) is 4.78. The van der Waals surface area contributed by atoms with E-state index in [0.717, 1.165) is 11.1 Å². The number of hydrogen-bond donors (Lipinski definition) is 2. The Balaban J connectivity index is 1.83. The Labute approximate surface area is 121 Å². The SMILES string of the molecule is O=C(NC1c2ccccc2CC1O)c1cc(Cl)ccn1. The normalized spacial score (nSPS) is 20.5. The van der Waals surface area contributed by atoms with Gasteiger partial charge in [0.1, 0.15) is 5.69 Å². The molecule has 0 spiro atoms. The minimum absolute atomic E-state index is 0.245. The fourth-order valence-corrected chi connectivity index (χ4v) is 2.65. The van der Waals surface area contributed by atoms with E-state index in [1.807, 2.05) is 24.3 Å². The molecule has 2 N–H and O–H groups in total. The first-order valence-electron chi connectivity index (χ1n) is 6.33. The zero-order chi connectivity index (χ0) is 14.1. The van der Waals surface area contributed by atoms with Gasteiger partial charge in [0.15, 0.2) is 0 Å². The number of benzene rings is 1. The van der Waals surface area contributed by atoms with Gasteiger partial charge in [-0.05, 0) is 23.3 Å². The second kappa shape index (κ2) is 5.23. The van der Waals surface area contributed by atoms with Gasteiger partial charge < -0.3 is 10.4 Å². The zero-order valence-corrected chi connectivity index (χ0v) is 11.3. The van der Waals surface area contributed by atoms with E-state index in [9.17, 15) is 9.90 Å². The number of halogens is 1. The molecular formula is C15H13ClN2O2. The molecule has 1 heterocycles. The Morgan fingerprint density at radius 1 is 1.35 bits per heavy atom. The van der Waals surface area contributed by atoms with Crippen LogP contribution in [0.2, 0.25) is 5.02 Å². The summed E-state index contributed by atoms with van der Waals surface area (Å²) in [6.45, 7) is 0. The minimum Gasteiger partial charge on any atom is -0.390 e. The van der Waals surface area contributed by atoms with Crippen molar-refractivity contribution in [2.24, 2.45) is 0 Å². The molecule has 2 atom stereocenters. The molecule has 1 aromatic heterocycles. The van der Waals surface area contributed by atoms with Crippen LogP contribution < -0.4 is 5.32 Å². The van der Waals surface area contributed by atoms with E-state index in [0.29, 0.717) is 11.4 Å². The van der Waals surface area contributed by atoms with E-state index in [2.05, 4.69) is 10.3 Å². The topological polar surface area (TPSA) is 62.2 Å². The third-order valence-electron chi connectivity index (χ3n) is 3.45. The van der Waals surface area contributed by atoms with E-state index in [1.165, 1.54) is 12.3 Å². The van der Waals surface area contributed by atoms with Crippen molar-refractivity contribution in [1.82, 2.24) is 10.3 Å². The molecule has 1 aromatic carbocycles. The number of aliphatic hydroxyl groups excluding tert-OH is 1. The summed E-state index contributed by atoms with van der Waals surface area (Å²) in [5.41, 5.74) is 2.26. The van der Waals surface area contributed by atoms with Gasteiger partial charge in [-0.25, -0.2) is 0 Å². The van der Waals surface area contributed by atoms with Crippen LogP contribution in [-0.2, 0) is 6.42 Å². The maximum absolute atomic E-state index is 12.2. The van der Waals surface area contributed by atoms with Gasteiger partial charge in [-0.1, -0.05) is 35.9 Å². The van der Waals surface area contributed by atoms with E-state index >= 15 is 0 Å². The maximum atomic E-state index is 12.2. The highest BCUT2D eigenvalue weighted by atomic mass is 35.5. The molecule has 1 aliphatic rings. The molecule has 0 radical (unpaired) electrons. The number of amides is 1. The smallest absolute Gasteiger partial charge is 0.270 e. The van der Waals surface area contributed by atoms with Crippen molar-refractivity contribution in [3.8, 4) is 0 Å². The fraction of sp³-hybridized carbons (Fsp3) is 0.200. The third kappa shape index (κ3) is 2.40. The number of aromatic nitrogens is 1. The molecule has 20 heavy (non-hydrogen) atoms. The number of aliphatic hydroxyl groups is 1. The number of hydrogen-bond acceptors (Lipinski definition) is 3. The first-order valence-corrected chi connectivity index (χ1v) is 6.71. The zero-order valence-electron chi connectivity index (χ0n) is 10.6. The maximum Gasteiger partial charge on any atom is 0.270 e.